The van der Waals surface area contributed by atoms with Crippen LogP contribution in [0.15, 0.2) is 12.1 Å². The molecule has 6 heteroatoms. The molecule has 1 rings (SSSR count). The summed E-state index contributed by atoms with van der Waals surface area (Å²) >= 11 is 0. The lowest BCUT2D eigenvalue weighted by Crippen LogP contribution is -2.14. The summed E-state index contributed by atoms with van der Waals surface area (Å²) in [7, 11) is 1.20. The number of hydrogen-bond donors (Lipinski definition) is 2. The number of aliphatic hydroxyl groups is 1. The molecule has 1 aromatic carbocycles. The number of aliphatic hydroxyl groups excluding tert-OH is 1. The van der Waals surface area contributed by atoms with Gasteiger partial charge in [-0.05, 0) is 12.1 Å². The zero-order chi connectivity index (χ0) is 12.3. The fourth-order valence-corrected chi connectivity index (χ4v) is 1.22. The number of nitrogens with zero attached hydrogens (tertiary/aromatic N) is 1. The van der Waals surface area contributed by atoms with Crippen LogP contribution in [0.4, 0.5) is 4.39 Å². The average Bonchev–Trinajstić information content (AvgIpc) is 2.27. The second kappa shape index (κ2) is 4.59. The van der Waals surface area contributed by atoms with Gasteiger partial charge in [-0.25, -0.2) is 9.18 Å². The van der Waals surface area contributed by atoms with Crippen LogP contribution in [0.5, 0.6) is 5.75 Å². The Kier molecular flexibility index (Phi) is 3.43. The van der Waals surface area contributed by atoms with Crippen molar-refractivity contribution in [2.24, 2.45) is 0 Å². The zero-order valence-electron chi connectivity index (χ0n) is 8.27. The highest BCUT2D eigenvalue weighted by molar-refractivity contribution is 5.75. The summed E-state index contributed by atoms with van der Waals surface area (Å²) in [6.07, 6.45) is -2.09. The summed E-state index contributed by atoms with van der Waals surface area (Å²) < 4.78 is 18.3. The molecular weight excluding hydrogens is 217 g/mol. The van der Waals surface area contributed by atoms with E-state index in [0.717, 1.165) is 0 Å². The zero-order valence-corrected chi connectivity index (χ0v) is 8.27. The number of benzene rings is 1. The minimum atomic E-state index is -2.09. The van der Waals surface area contributed by atoms with Gasteiger partial charge in [0.1, 0.15) is 0 Å². The van der Waals surface area contributed by atoms with E-state index in [2.05, 4.69) is 4.74 Å². The Bertz CT molecular complexity index is 467. The minimum Gasteiger partial charge on any atom is -0.494 e. The highest BCUT2D eigenvalue weighted by Crippen LogP contribution is 2.28. The van der Waals surface area contributed by atoms with Crippen molar-refractivity contribution in [2.75, 3.05) is 7.11 Å². The molecule has 5 nitrogen and oxygen atoms in total. The summed E-state index contributed by atoms with van der Waals surface area (Å²) in [5.41, 5.74) is -0.831. The van der Waals surface area contributed by atoms with Gasteiger partial charge in [0.05, 0.1) is 18.7 Å². The highest BCUT2D eigenvalue weighted by atomic mass is 19.1. The summed E-state index contributed by atoms with van der Waals surface area (Å²) in [6.45, 7) is 0. The van der Waals surface area contributed by atoms with Crippen LogP contribution in [0.3, 0.4) is 0 Å². The van der Waals surface area contributed by atoms with Crippen molar-refractivity contribution in [1.29, 1.82) is 5.26 Å². The molecule has 2 N–H and O–H groups in total. The molecule has 0 bridgehead atoms. The molecule has 0 aliphatic heterocycles. The van der Waals surface area contributed by atoms with Crippen molar-refractivity contribution < 1.29 is 24.1 Å². The van der Waals surface area contributed by atoms with E-state index in [0.29, 0.717) is 0 Å². The van der Waals surface area contributed by atoms with Crippen LogP contribution in [0.1, 0.15) is 17.2 Å². The predicted molar refractivity (Wildman–Crippen MR) is 50.3 cm³/mol. The normalized spacial score (nSPS) is 11.6. The van der Waals surface area contributed by atoms with E-state index < -0.39 is 23.5 Å². The molecule has 1 unspecified atom stereocenters. The molecule has 0 aliphatic rings. The first kappa shape index (κ1) is 11.9. The van der Waals surface area contributed by atoms with Gasteiger partial charge in [-0.15, -0.1) is 0 Å². The number of methoxy groups -OCH3 is 1. The van der Waals surface area contributed by atoms with Crippen molar-refractivity contribution >= 4 is 5.97 Å². The van der Waals surface area contributed by atoms with Crippen LogP contribution in [0.25, 0.3) is 0 Å². The maximum absolute atomic E-state index is 13.6. The van der Waals surface area contributed by atoms with Crippen LogP contribution in [0, 0.1) is 17.1 Å². The summed E-state index contributed by atoms with van der Waals surface area (Å²) in [5.74, 6) is -2.91. The van der Waals surface area contributed by atoms with Crippen molar-refractivity contribution in [3.05, 3.63) is 29.1 Å². The molecule has 0 aromatic heterocycles. The van der Waals surface area contributed by atoms with Gasteiger partial charge in [-0.1, -0.05) is 0 Å². The first-order valence-corrected chi connectivity index (χ1v) is 4.20. The van der Waals surface area contributed by atoms with Gasteiger partial charge >= 0.3 is 5.97 Å². The third-order valence-corrected chi connectivity index (χ3v) is 1.99. The summed E-state index contributed by atoms with van der Waals surface area (Å²) in [6, 6.07) is 3.98. The van der Waals surface area contributed by atoms with Gasteiger partial charge in [0.25, 0.3) is 0 Å². The lowest BCUT2D eigenvalue weighted by molar-refractivity contribution is -0.147. The molecule has 0 radical (unpaired) electrons. The molecule has 0 spiro atoms. The number of hydrogen-bond acceptors (Lipinski definition) is 4. The lowest BCUT2D eigenvalue weighted by Gasteiger charge is -2.11. The topological polar surface area (TPSA) is 90.5 Å². The number of halogens is 1. The monoisotopic (exact) mass is 225 g/mol. The number of aliphatic carboxylic acids is 1. The maximum atomic E-state index is 13.6. The predicted octanol–water partition coefficient (Wildman–Crippen LogP) is 0.824. The maximum Gasteiger partial charge on any atom is 0.337 e. The van der Waals surface area contributed by atoms with E-state index in [4.69, 9.17) is 10.4 Å². The Morgan fingerprint density at radius 1 is 1.62 bits per heavy atom. The standard InChI is InChI=1S/C10H8FNO4/c1-16-6-3-2-5(4-12)7(8(6)11)9(13)10(14)15/h2-3,9,13H,1H3,(H,14,15). The molecule has 1 aromatic rings. The van der Waals surface area contributed by atoms with Gasteiger partial charge < -0.3 is 14.9 Å². The highest BCUT2D eigenvalue weighted by Gasteiger charge is 2.26. The van der Waals surface area contributed by atoms with Crippen molar-refractivity contribution in [2.45, 2.75) is 6.10 Å². The smallest absolute Gasteiger partial charge is 0.337 e. The van der Waals surface area contributed by atoms with Crippen molar-refractivity contribution in [3.8, 4) is 11.8 Å². The van der Waals surface area contributed by atoms with Gasteiger partial charge in [-0.2, -0.15) is 5.26 Å². The summed E-state index contributed by atoms with van der Waals surface area (Å²) in [5, 5.41) is 26.5. The minimum absolute atomic E-state index is 0.228. The van der Waals surface area contributed by atoms with Crippen LogP contribution < -0.4 is 4.74 Å². The number of carbonyl (C=O) groups is 1. The van der Waals surface area contributed by atoms with E-state index in [1.165, 1.54) is 19.2 Å². The molecule has 0 amide bonds. The lowest BCUT2D eigenvalue weighted by atomic mass is 10.0. The Labute approximate surface area is 90.3 Å². The Balaban J connectivity index is 3.44. The van der Waals surface area contributed by atoms with E-state index >= 15 is 0 Å². The first-order chi connectivity index (χ1) is 7.52. The van der Waals surface area contributed by atoms with Gasteiger partial charge in [0.2, 0.25) is 0 Å². The number of carboxylic acid groups (broad SMARTS) is 1. The van der Waals surface area contributed by atoms with Crippen LogP contribution >= 0.6 is 0 Å². The van der Waals surface area contributed by atoms with E-state index in [-0.39, 0.29) is 11.3 Å². The molecular formula is C10H8FNO4. The third kappa shape index (κ3) is 1.94. The largest absolute Gasteiger partial charge is 0.494 e. The SMILES string of the molecule is COc1ccc(C#N)c(C(O)C(=O)O)c1F. The van der Waals surface area contributed by atoms with Crippen LogP contribution in [-0.2, 0) is 4.79 Å². The quantitative estimate of drug-likeness (QED) is 0.794. The van der Waals surface area contributed by atoms with E-state index in [1.54, 1.807) is 6.07 Å². The van der Waals surface area contributed by atoms with Gasteiger partial charge in [0.15, 0.2) is 17.7 Å². The number of carboxylic acids is 1. The van der Waals surface area contributed by atoms with Crippen LogP contribution in [-0.4, -0.2) is 23.3 Å². The molecule has 16 heavy (non-hydrogen) atoms. The van der Waals surface area contributed by atoms with E-state index in [9.17, 15) is 14.3 Å². The third-order valence-electron chi connectivity index (χ3n) is 1.99. The van der Waals surface area contributed by atoms with Crippen molar-refractivity contribution in [1.82, 2.24) is 0 Å². The Hall–Kier alpha value is -2.13. The molecule has 0 aliphatic carbocycles. The Morgan fingerprint density at radius 3 is 2.69 bits per heavy atom. The molecule has 0 heterocycles. The molecule has 0 fully saturated rings. The summed E-state index contributed by atoms with van der Waals surface area (Å²) in [4.78, 5) is 10.6. The second-order valence-electron chi connectivity index (χ2n) is 2.90. The van der Waals surface area contributed by atoms with Crippen molar-refractivity contribution in [3.63, 3.8) is 0 Å². The Morgan fingerprint density at radius 2 is 2.25 bits per heavy atom. The number of rotatable bonds is 3. The average molecular weight is 225 g/mol. The van der Waals surface area contributed by atoms with E-state index in [1.807, 2.05) is 0 Å². The molecule has 0 saturated heterocycles. The number of nitriles is 1. The molecule has 0 saturated carbocycles. The van der Waals surface area contributed by atoms with Gasteiger partial charge in [-0.3, -0.25) is 0 Å². The van der Waals surface area contributed by atoms with Gasteiger partial charge in [0, 0.05) is 5.56 Å². The second-order valence-corrected chi connectivity index (χ2v) is 2.90. The molecule has 1 atom stereocenters. The van der Waals surface area contributed by atoms with Crippen LogP contribution in [0.2, 0.25) is 0 Å². The first-order valence-electron chi connectivity index (χ1n) is 4.20. The fraction of sp³-hybridized carbons (Fsp3) is 0.200. The fourth-order valence-electron chi connectivity index (χ4n) is 1.22. The number of ether oxygens (including phenoxy) is 1. The molecule has 84 valence electrons.